The number of hydrazine groups is 1. The molecule has 1 aromatic heterocycles. The van der Waals surface area contributed by atoms with Crippen LogP contribution in [0.5, 0.6) is 0 Å². The van der Waals surface area contributed by atoms with Gasteiger partial charge < -0.3 is 16.1 Å². The average Bonchev–Trinajstić information content (AvgIpc) is 2.81. The third-order valence-corrected chi connectivity index (χ3v) is 3.51. The first-order chi connectivity index (χ1) is 9.65. The van der Waals surface area contributed by atoms with E-state index in [4.69, 9.17) is 11.6 Å². The number of primary amides is 1. The fourth-order valence-electron chi connectivity index (χ4n) is 2.15. The molecule has 1 aliphatic rings. The maximum Gasteiger partial charge on any atom is 0.451 e. The molecule has 1 aromatic rings. The van der Waals surface area contributed by atoms with Crippen molar-refractivity contribution in [2.45, 2.75) is 19.5 Å². The van der Waals surface area contributed by atoms with Crippen molar-refractivity contribution in [1.29, 1.82) is 0 Å². The molecule has 2 heterocycles. The molecule has 1 saturated heterocycles. The van der Waals surface area contributed by atoms with E-state index in [0.717, 1.165) is 0 Å². The first-order valence-corrected chi connectivity index (χ1v) is 6.13. The molecular formula is C11H15F3N6O. The molecule has 1 atom stereocenters. The first kappa shape index (κ1) is 15.3. The van der Waals surface area contributed by atoms with Gasteiger partial charge in [-0.2, -0.15) is 13.2 Å². The van der Waals surface area contributed by atoms with Crippen molar-refractivity contribution in [3.63, 3.8) is 0 Å². The maximum absolute atomic E-state index is 12.8. The molecule has 1 fully saturated rings. The van der Waals surface area contributed by atoms with Crippen molar-refractivity contribution < 1.29 is 18.0 Å². The molecule has 10 heteroatoms. The summed E-state index contributed by atoms with van der Waals surface area (Å²) in [5.41, 5.74) is 6.60. The Morgan fingerprint density at radius 1 is 1.48 bits per heavy atom. The number of halogens is 3. The van der Waals surface area contributed by atoms with Crippen LogP contribution in [0.25, 0.3) is 0 Å². The number of nitrogens with two attached hydrogens (primary N) is 2. The quantitative estimate of drug-likeness (QED) is 0.553. The van der Waals surface area contributed by atoms with Gasteiger partial charge in [0, 0.05) is 19.2 Å². The molecule has 0 bridgehead atoms. The molecule has 0 aliphatic carbocycles. The van der Waals surface area contributed by atoms with Crippen LogP contribution >= 0.6 is 0 Å². The van der Waals surface area contributed by atoms with Crippen LogP contribution < -0.4 is 21.9 Å². The minimum absolute atomic E-state index is 0.0512. The minimum Gasteiger partial charge on any atom is -0.369 e. The standard InChI is InChI=1S/C11H15F3N6O/c1-10(8(15)21)2-3-20(5-10)7-4-6(19-16)17-9(18-7)11(12,13)14/h4H,2-3,5,16H2,1H3,(H2,15,21)(H,17,18,19). The van der Waals surface area contributed by atoms with Gasteiger partial charge in [0.1, 0.15) is 11.6 Å². The summed E-state index contributed by atoms with van der Waals surface area (Å²) >= 11 is 0. The Morgan fingerprint density at radius 2 is 2.14 bits per heavy atom. The number of alkyl halides is 3. The number of nitrogen functional groups attached to an aromatic ring is 1. The number of amides is 1. The van der Waals surface area contributed by atoms with Crippen molar-refractivity contribution in [3.8, 4) is 0 Å². The van der Waals surface area contributed by atoms with E-state index in [2.05, 4.69) is 15.4 Å². The van der Waals surface area contributed by atoms with Crippen molar-refractivity contribution in [2.24, 2.45) is 17.0 Å². The molecule has 0 spiro atoms. The van der Waals surface area contributed by atoms with Crippen molar-refractivity contribution in [1.82, 2.24) is 9.97 Å². The normalized spacial score (nSPS) is 22.4. The lowest BCUT2D eigenvalue weighted by Gasteiger charge is -2.22. The highest BCUT2D eigenvalue weighted by Gasteiger charge is 2.41. The molecule has 1 amide bonds. The van der Waals surface area contributed by atoms with E-state index < -0.39 is 23.3 Å². The van der Waals surface area contributed by atoms with E-state index in [0.29, 0.717) is 13.0 Å². The van der Waals surface area contributed by atoms with Crippen LogP contribution in [0.1, 0.15) is 19.2 Å². The lowest BCUT2D eigenvalue weighted by atomic mass is 9.89. The number of carbonyl (C=O) groups is 1. The smallest absolute Gasteiger partial charge is 0.369 e. The SMILES string of the molecule is CC1(C(N)=O)CCN(c2cc(NN)nc(C(F)(F)F)n2)C1. The molecule has 0 radical (unpaired) electrons. The number of anilines is 2. The van der Waals surface area contributed by atoms with Gasteiger partial charge in [0.05, 0.1) is 5.41 Å². The Bertz CT molecular complexity index is 563. The van der Waals surface area contributed by atoms with Crippen molar-refractivity contribution in [2.75, 3.05) is 23.4 Å². The predicted molar refractivity (Wildman–Crippen MR) is 69.0 cm³/mol. The van der Waals surface area contributed by atoms with Gasteiger partial charge in [-0.15, -0.1) is 0 Å². The van der Waals surface area contributed by atoms with Gasteiger partial charge in [0.2, 0.25) is 11.7 Å². The number of carbonyl (C=O) groups excluding carboxylic acids is 1. The topological polar surface area (TPSA) is 110 Å². The summed E-state index contributed by atoms with van der Waals surface area (Å²) in [4.78, 5) is 19.7. The molecule has 1 unspecified atom stereocenters. The Balaban J connectivity index is 2.35. The van der Waals surface area contributed by atoms with Gasteiger partial charge in [-0.3, -0.25) is 4.79 Å². The molecule has 5 N–H and O–H groups in total. The number of hydrogen-bond donors (Lipinski definition) is 3. The molecule has 2 rings (SSSR count). The molecule has 116 valence electrons. The van der Waals surface area contributed by atoms with Crippen LogP contribution in [0.3, 0.4) is 0 Å². The molecule has 1 aliphatic heterocycles. The number of hydrogen-bond acceptors (Lipinski definition) is 6. The fraction of sp³-hybridized carbons (Fsp3) is 0.545. The van der Waals surface area contributed by atoms with Crippen LogP contribution in [0.2, 0.25) is 0 Å². The first-order valence-electron chi connectivity index (χ1n) is 6.13. The summed E-state index contributed by atoms with van der Waals surface area (Å²) < 4.78 is 38.3. The van der Waals surface area contributed by atoms with Gasteiger partial charge in [0.25, 0.3) is 0 Å². The highest BCUT2D eigenvalue weighted by atomic mass is 19.4. The zero-order valence-corrected chi connectivity index (χ0v) is 11.2. The van der Waals surface area contributed by atoms with Crippen molar-refractivity contribution in [3.05, 3.63) is 11.9 Å². The summed E-state index contributed by atoms with van der Waals surface area (Å²) in [6.45, 7) is 2.24. The Kier molecular flexibility index (Phi) is 3.66. The van der Waals surface area contributed by atoms with Gasteiger partial charge >= 0.3 is 6.18 Å². The highest BCUT2D eigenvalue weighted by molar-refractivity contribution is 5.82. The Morgan fingerprint density at radius 3 is 2.62 bits per heavy atom. The van der Waals surface area contributed by atoms with Crippen LogP contribution in [0.15, 0.2) is 6.07 Å². The zero-order chi connectivity index (χ0) is 15.8. The molecule has 21 heavy (non-hydrogen) atoms. The predicted octanol–water partition coefficient (Wildman–Crippen LogP) is 0.483. The average molecular weight is 304 g/mol. The van der Waals surface area contributed by atoms with Crippen LogP contribution in [-0.2, 0) is 11.0 Å². The zero-order valence-electron chi connectivity index (χ0n) is 11.2. The van der Waals surface area contributed by atoms with Crippen LogP contribution in [0.4, 0.5) is 24.8 Å². The van der Waals surface area contributed by atoms with E-state index in [1.807, 2.05) is 0 Å². The second-order valence-corrected chi connectivity index (χ2v) is 5.17. The summed E-state index contributed by atoms with van der Waals surface area (Å²) in [7, 11) is 0. The number of nitrogens with one attached hydrogen (secondary N) is 1. The number of rotatable bonds is 3. The van der Waals surface area contributed by atoms with Crippen LogP contribution in [-0.4, -0.2) is 29.0 Å². The molecule has 7 nitrogen and oxygen atoms in total. The molecule has 0 saturated carbocycles. The lowest BCUT2D eigenvalue weighted by molar-refractivity contribution is -0.144. The fourth-order valence-corrected chi connectivity index (χ4v) is 2.15. The summed E-state index contributed by atoms with van der Waals surface area (Å²) in [5.74, 6) is 3.24. The van der Waals surface area contributed by atoms with E-state index in [-0.39, 0.29) is 18.2 Å². The van der Waals surface area contributed by atoms with E-state index in [1.54, 1.807) is 11.8 Å². The van der Waals surface area contributed by atoms with E-state index in [1.165, 1.54) is 6.07 Å². The van der Waals surface area contributed by atoms with Crippen LogP contribution in [0, 0.1) is 5.41 Å². The summed E-state index contributed by atoms with van der Waals surface area (Å²) in [5, 5.41) is 0. The number of nitrogens with zero attached hydrogens (tertiary/aromatic N) is 3. The third kappa shape index (κ3) is 2.99. The highest BCUT2D eigenvalue weighted by Crippen LogP contribution is 2.34. The second kappa shape index (κ2) is 5.02. The minimum atomic E-state index is -4.69. The van der Waals surface area contributed by atoms with E-state index >= 15 is 0 Å². The van der Waals surface area contributed by atoms with Gasteiger partial charge in [0.15, 0.2) is 0 Å². The van der Waals surface area contributed by atoms with Gasteiger partial charge in [-0.1, -0.05) is 0 Å². The second-order valence-electron chi connectivity index (χ2n) is 5.17. The summed E-state index contributed by atoms with van der Waals surface area (Å²) in [6.07, 6.45) is -4.24. The largest absolute Gasteiger partial charge is 0.451 e. The lowest BCUT2D eigenvalue weighted by Crippen LogP contribution is -2.37. The molecular weight excluding hydrogens is 289 g/mol. The molecule has 0 aromatic carbocycles. The van der Waals surface area contributed by atoms with E-state index in [9.17, 15) is 18.0 Å². The maximum atomic E-state index is 12.8. The van der Waals surface area contributed by atoms with Gasteiger partial charge in [-0.05, 0) is 13.3 Å². The van der Waals surface area contributed by atoms with Gasteiger partial charge in [-0.25, -0.2) is 15.8 Å². The Hall–Kier alpha value is -2.10. The van der Waals surface area contributed by atoms with Crippen molar-refractivity contribution >= 4 is 17.5 Å². The summed E-state index contributed by atoms with van der Waals surface area (Å²) in [6, 6.07) is 1.29. The number of aromatic nitrogens is 2. The monoisotopic (exact) mass is 304 g/mol. The Labute approximate surface area is 118 Å². The third-order valence-electron chi connectivity index (χ3n) is 3.51.